The van der Waals surface area contributed by atoms with E-state index in [9.17, 15) is 0 Å². The van der Waals surface area contributed by atoms with Gasteiger partial charge in [-0.2, -0.15) is 0 Å². The number of alkyl halides is 1. The maximum absolute atomic E-state index is 3.86. The van der Waals surface area contributed by atoms with Crippen molar-refractivity contribution in [3.63, 3.8) is 0 Å². The van der Waals surface area contributed by atoms with Crippen LogP contribution in [-0.4, -0.2) is 4.83 Å². The van der Waals surface area contributed by atoms with Crippen LogP contribution in [0.2, 0.25) is 0 Å². The average molecular weight is 248 g/mol. The lowest BCUT2D eigenvalue weighted by molar-refractivity contribution is 0.575. The van der Waals surface area contributed by atoms with E-state index in [2.05, 4.69) is 29.8 Å². The molecule has 0 aliphatic carbocycles. The van der Waals surface area contributed by atoms with Gasteiger partial charge in [0.15, 0.2) is 0 Å². The van der Waals surface area contributed by atoms with Crippen LogP contribution in [-0.2, 0) is 0 Å². The zero-order valence-corrected chi connectivity index (χ0v) is 10.6. The van der Waals surface area contributed by atoms with Crippen LogP contribution in [0, 0.1) is 6.92 Å². The Morgan fingerprint density at radius 3 is 2.23 bits per heavy atom. The summed E-state index contributed by atoms with van der Waals surface area (Å²) in [6.07, 6.45) is 12.1. The van der Waals surface area contributed by atoms with Gasteiger partial charge in [-0.05, 0) is 12.8 Å². The molecule has 1 radical (unpaired) electrons. The van der Waals surface area contributed by atoms with Gasteiger partial charge in [0.1, 0.15) is 0 Å². The van der Waals surface area contributed by atoms with E-state index < -0.39 is 0 Å². The summed E-state index contributed by atoms with van der Waals surface area (Å²) in [7, 11) is 0. The molecule has 0 rings (SSSR count). The van der Waals surface area contributed by atoms with Crippen molar-refractivity contribution in [2.75, 3.05) is 0 Å². The predicted molar refractivity (Wildman–Crippen MR) is 65.3 cm³/mol. The molecule has 0 amide bonds. The van der Waals surface area contributed by atoms with E-state index in [0.29, 0.717) is 0 Å². The second kappa shape index (κ2) is 10.6. The molecule has 0 aliphatic heterocycles. The van der Waals surface area contributed by atoms with Crippen LogP contribution in [0.5, 0.6) is 0 Å². The van der Waals surface area contributed by atoms with E-state index in [-0.39, 0.29) is 0 Å². The topological polar surface area (TPSA) is 0 Å². The summed E-state index contributed by atoms with van der Waals surface area (Å²) < 4.78 is 0. The fourth-order valence-electron chi connectivity index (χ4n) is 1.51. The van der Waals surface area contributed by atoms with Crippen LogP contribution in [0.15, 0.2) is 0 Å². The molecule has 1 atom stereocenters. The van der Waals surface area contributed by atoms with Gasteiger partial charge in [-0.25, -0.2) is 0 Å². The fraction of sp³-hybridized carbons (Fsp3) is 0.917. The van der Waals surface area contributed by atoms with Crippen molar-refractivity contribution in [2.24, 2.45) is 0 Å². The van der Waals surface area contributed by atoms with Crippen LogP contribution in [0.4, 0.5) is 0 Å². The summed E-state index contributed by atoms with van der Waals surface area (Å²) in [6, 6.07) is 0. The van der Waals surface area contributed by atoms with Crippen molar-refractivity contribution in [2.45, 2.75) is 69.5 Å². The van der Waals surface area contributed by atoms with E-state index in [4.69, 9.17) is 0 Å². The number of hydrogen-bond donors (Lipinski definition) is 0. The van der Waals surface area contributed by atoms with E-state index in [1.54, 1.807) is 0 Å². The number of rotatable bonds is 9. The smallest absolute Gasteiger partial charge is 0.0145 e. The van der Waals surface area contributed by atoms with Gasteiger partial charge < -0.3 is 0 Å². The zero-order chi connectivity index (χ0) is 9.94. The normalized spacial score (nSPS) is 13.2. The van der Waals surface area contributed by atoms with Crippen molar-refractivity contribution in [3.05, 3.63) is 6.92 Å². The van der Waals surface area contributed by atoms with Crippen LogP contribution in [0.3, 0.4) is 0 Å². The fourth-order valence-corrected chi connectivity index (χ4v) is 2.16. The van der Waals surface area contributed by atoms with Crippen molar-refractivity contribution in [1.82, 2.24) is 0 Å². The van der Waals surface area contributed by atoms with Gasteiger partial charge in [-0.15, -0.1) is 0 Å². The molecule has 0 N–H and O–H groups in total. The molecule has 0 aromatic rings. The van der Waals surface area contributed by atoms with Crippen molar-refractivity contribution < 1.29 is 0 Å². The number of halogens is 1. The first-order valence-corrected chi connectivity index (χ1v) is 6.66. The van der Waals surface area contributed by atoms with Crippen molar-refractivity contribution in [3.8, 4) is 0 Å². The molecule has 79 valence electrons. The highest BCUT2D eigenvalue weighted by Crippen LogP contribution is 2.16. The van der Waals surface area contributed by atoms with Crippen LogP contribution >= 0.6 is 15.9 Å². The zero-order valence-electron chi connectivity index (χ0n) is 9.03. The van der Waals surface area contributed by atoms with Crippen LogP contribution in [0.1, 0.15) is 64.7 Å². The monoisotopic (exact) mass is 247 g/mol. The third-order valence-electron chi connectivity index (χ3n) is 2.39. The number of hydrogen-bond acceptors (Lipinski definition) is 0. The molecule has 0 fully saturated rings. The maximum atomic E-state index is 3.86. The largest absolute Gasteiger partial charge is 0.0891 e. The Kier molecular flexibility index (Phi) is 11.0. The van der Waals surface area contributed by atoms with Gasteiger partial charge in [0.25, 0.3) is 0 Å². The Labute approximate surface area is 92.6 Å². The van der Waals surface area contributed by atoms with E-state index in [1.807, 2.05) is 0 Å². The molecule has 0 saturated carbocycles. The number of unbranched alkanes of at least 4 members (excludes halogenated alkanes) is 5. The predicted octanol–water partition coefficient (Wildman–Crippen LogP) is 5.11. The summed E-state index contributed by atoms with van der Waals surface area (Å²) in [5.41, 5.74) is 0. The Balaban J connectivity index is 2.97. The van der Waals surface area contributed by atoms with Crippen LogP contribution < -0.4 is 0 Å². The van der Waals surface area contributed by atoms with Gasteiger partial charge >= 0.3 is 0 Å². The maximum Gasteiger partial charge on any atom is 0.0145 e. The summed E-state index contributed by atoms with van der Waals surface area (Å²) in [6.45, 7) is 6.13. The van der Waals surface area contributed by atoms with Gasteiger partial charge in [0.2, 0.25) is 0 Å². The summed E-state index contributed by atoms with van der Waals surface area (Å²) in [5.74, 6) is 0. The summed E-state index contributed by atoms with van der Waals surface area (Å²) >= 11 is 3.68. The quantitative estimate of drug-likeness (QED) is 0.392. The molecule has 0 aromatic carbocycles. The average Bonchev–Trinajstić information content (AvgIpc) is 2.11. The SMILES string of the molecule is [CH2]CCC(Br)CCCCCCCC. The highest BCUT2D eigenvalue weighted by atomic mass is 79.9. The van der Waals surface area contributed by atoms with E-state index in [0.717, 1.165) is 11.2 Å². The highest BCUT2D eigenvalue weighted by Gasteiger charge is 2.01. The molecule has 0 nitrogen and oxygen atoms in total. The molecule has 1 unspecified atom stereocenters. The lowest BCUT2D eigenvalue weighted by atomic mass is 10.1. The second-order valence-corrected chi connectivity index (χ2v) is 5.09. The first kappa shape index (κ1) is 13.5. The molecule has 0 spiro atoms. The molecule has 0 saturated heterocycles. The molecule has 0 bridgehead atoms. The second-order valence-electron chi connectivity index (χ2n) is 3.80. The first-order valence-electron chi connectivity index (χ1n) is 5.74. The molecule has 0 aliphatic rings. The first-order chi connectivity index (χ1) is 6.31. The Morgan fingerprint density at radius 2 is 1.62 bits per heavy atom. The summed E-state index contributed by atoms with van der Waals surface area (Å²) in [5, 5.41) is 0. The van der Waals surface area contributed by atoms with Crippen molar-refractivity contribution >= 4 is 15.9 Å². The van der Waals surface area contributed by atoms with Crippen molar-refractivity contribution in [1.29, 1.82) is 0 Å². The Morgan fingerprint density at radius 1 is 1.00 bits per heavy atom. The summed E-state index contributed by atoms with van der Waals surface area (Å²) in [4.78, 5) is 0.719. The van der Waals surface area contributed by atoms with E-state index in [1.165, 1.54) is 51.4 Å². The minimum absolute atomic E-state index is 0.719. The molecular weight excluding hydrogens is 224 g/mol. The minimum Gasteiger partial charge on any atom is -0.0891 e. The standard InChI is InChI=1S/C12H24Br/c1-3-5-6-7-8-9-11-12(13)10-4-2/h12H,2-11H2,1H3. The van der Waals surface area contributed by atoms with Gasteiger partial charge in [0.05, 0.1) is 0 Å². The lowest BCUT2D eigenvalue weighted by Crippen LogP contribution is -1.96. The van der Waals surface area contributed by atoms with Gasteiger partial charge in [-0.1, -0.05) is 74.7 Å². The lowest BCUT2D eigenvalue weighted by Gasteiger charge is -2.07. The van der Waals surface area contributed by atoms with Gasteiger partial charge in [0, 0.05) is 4.83 Å². The third-order valence-corrected chi connectivity index (χ3v) is 3.30. The van der Waals surface area contributed by atoms with Crippen LogP contribution in [0.25, 0.3) is 0 Å². The third kappa shape index (κ3) is 10.4. The highest BCUT2D eigenvalue weighted by molar-refractivity contribution is 9.09. The molecule has 13 heavy (non-hydrogen) atoms. The molecular formula is C12H24Br. The molecule has 1 heteroatoms. The van der Waals surface area contributed by atoms with Gasteiger partial charge in [-0.3, -0.25) is 0 Å². The van der Waals surface area contributed by atoms with E-state index >= 15 is 0 Å². The molecule has 0 heterocycles. The minimum atomic E-state index is 0.719. The Hall–Kier alpha value is 0.480. The Bertz CT molecular complexity index is 91.1. The molecule has 0 aromatic heterocycles.